The zero-order valence-electron chi connectivity index (χ0n) is 26.8. The van der Waals surface area contributed by atoms with Crippen LogP contribution in [0.1, 0.15) is 48.0 Å². The molecule has 2 N–H and O–H groups in total. The molecular formula is C35H48FN3O5. The van der Waals surface area contributed by atoms with Gasteiger partial charge in [-0.15, -0.1) is 0 Å². The third-order valence-corrected chi connectivity index (χ3v) is 5.30. The van der Waals surface area contributed by atoms with E-state index in [-0.39, 0.29) is 12.5 Å². The number of hydrogen-bond donors (Lipinski definition) is 2. The van der Waals surface area contributed by atoms with E-state index in [1.165, 1.54) is 6.26 Å². The van der Waals surface area contributed by atoms with Gasteiger partial charge in [-0.25, -0.2) is 9.37 Å². The smallest absolute Gasteiger partial charge is 0.300 e. The monoisotopic (exact) mass is 609 g/mol. The summed E-state index contributed by atoms with van der Waals surface area (Å²) in [6, 6.07) is 12.9. The second-order valence-electron chi connectivity index (χ2n) is 8.72. The van der Waals surface area contributed by atoms with Crippen LogP contribution < -0.4 is 15.0 Å². The number of carbonyl (C=O) groups excluding carboxylic acids is 1. The minimum Gasteiger partial charge on any atom is -0.481 e. The van der Waals surface area contributed by atoms with Crippen molar-refractivity contribution < 1.29 is 28.6 Å². The summed E-state index contributed by atoms with van der Waals surface area (Å²) >= 11 is 0. The number of allylic oxidation sites excluding steroid dienone is 6. The van der Waals surface area contributed by atoms with Gasteiger partial charge in [0.1, 0.15) is 17.7 Å². The Balaban J connectivity index is 0.00000284. The first-order valence-corrected chi connectivity index (χ1v) is 14.7. The topological polar surface area (TPSA) is 101 Å². The number of para-hydroxylation sites is 1. The van der Waals surface area contributed by atoms with Gasteiger partial charge in [-0.05, 0) is 63.6 Å². The van der Waals surface area contributed by atoms with Crippen molar-refractivity contribution in [2.45, 2.75) is 54.1 Å². The number of hydrogen-bond acceptors (Lipinski definition) is 6. The Bertz CT molecular complexity index is 1190. The fourth-order valence-electron chi connectivity index (χ4n) is 3.27. The van der Waals surface area contributed by atoms with Gasteiger partial charge in [-0.3, -0.25) is 9.59 Å². The molecule has 2 aromatic rings. The van der Waals surface area contributed by atoms with Crippen LogP contribution in [0, 0.1) is 0 Å². The van der Waals surface area contributed by atoms with E-state index < -0.39 is 12.1 Å². The fraction of sp³-hybridized carbons (Fsp3) is 0.343. The number of benzene rings is 1. The molecule has 0 spiro atoms. The van der Waals surface area contributed by atoms with Gasteiger partial charge in [-0.1, -0.05) is 68.5 Å². The maximum absolute atomic E-state index is 14.3. The van der Waals surface area contributed by atoms with Gasteiger partial charge in [0.2, 0.25) is 0 Å². The van der Waals surface area contributed by atoms with Crippen LogP contribution in [-0.2, 0) is 14.3 Å². The van der Waals surface area contributed by atoms with Crippen LogP contribution in [0.2, 0.25) is 0 Å². The van der Waals surface area contributed by atoms with Crippen LogP contribution in [0.15, 0.2) is 109 Å². The quantitative estimate of drug-likeness (QED) is 0.0862. The van der Waals surface area contributed by atoms with E-state index in [9.17, 15) is 9.18 Å². The SMILES string of the molecule is C/C=C\C=C/COCC(F)CCN(CC)c1ccc(NC(=O)C(/C=C/Oc2ccccc2)=C/C=C\C)cn1.CC.CC(=O)O. The van der Waals surface area contributed by atoms with Crippen LogP contribution in [0.4, 0.5) is 15.9 Å². The molecular weight excluding hydrogens is 561 g/mol. The highest BCUT2D eigenvalue weighted by molar-refractivity contribution is 6.05. The number of anilines is 2. The summed E-state index contributed by atoms with van der Waals surface area (Å²) in [4.78, 5) is 28.3. The highest BCUT2D eigenvalue weighted by Gasteiger charge is 2.12. The lowest BCUT2D eigenvalue weighted by Gasteiger charge is -2.23. The number of rotatable bonds is 16. The number of aromatic nitrogens is 1. The minimum atomic E-state index is -1.06. The molecule has 2 rings (SSSR count). The Morgan fingerprint density at radius 1 is 1.07 bits per heavy atom. The minimum absolute atomic E-state index is 0.0596. The van der Waals surface area contributed by atoms with Gasteiger partial charge in [0.25, 0.3) is 11.9 Å². The van der Waals surface area contributed by atoms with Gasteiger partial charge >= 0.3 is 0 Å². The average molecular weight is 610 g/mol. The largest absolute Gasteiger partial charge is 0.481 e. The first-order chi connectivity index (χ1) is 21.3. The number of amides is 1. The predicted octanol–water partition coefficient (Wildman–Crippen LogP) is 7.94. The summed E-state index contributed by atoms with van der Waals surface area (Å²) in [5, 5.41) is 10.3. The molecule has 0 radical (unpaired) electrons. The van der Waals surface area contributed by atoms with Crippen LogP contribution in [0.5, 0.6) is 5.75 Å². The number of nitrogens with one attached hydrogen (secondary N) is 1. The molecule has 240 valence electrons. The van der Waals surface area contributed by atoms with E-state index in [1.54, 1.807) is 30.5 Å². The Labute approximate surface area is 262 Å². The molecule has 9 heteroatoms. The van der Waals surface area contributed by atoms with Crippen molar-refractivity contribution in [3.8, 4) is 5.75 Å². The Morgan fingerprint density at radius 3 is 2.34 bits per heavy atom. The second kappa shape index (κ2) is 26.2. The van der Waals surface area contributed by atoms with E-state index in [0.717, 1.165) is 6.92 Å². The molecule has 1 aromatic carbocycles. The van der Waals surface area contributed by atoms with Gasteiger partial charge in [0, 0.05) is 25.6 Å². The molecule has 8 nitrogen and oxygen atoms in total. The molecule has 1 amide bonds. The molecule has 0 aliphatic rings. The number of carboxylic acids is 1. The van der Waals surface area contributed by atoms with E-state index in [4.69, 9.17) is 19.4 Å². The number of alkyl halides is 1. The lowest BCUT2D eigenvalue weighted by Crippen LogP contribution is -2.28. The van der Waals surface area contributed by atoms with Crippen molar-refractivity contribution in [1.29, 1.82) is 0 Å². The Kier molecular flexibility index (Phi) is 23.5. The lowest BCUT2D eigenvalue weighted by molar-refractivity contribution is -0.134. The molecule has 0 aliphatic heterocycles. The second-order valence-corrected chi connectivity index (χ2v) is 8.72. The zero-order chi connectivity index (χ0) is 33.0. The van der Waals surface area contributed by atoms with E-state index >= 15 is 0 Å². The van der Waals surface area contributed by atoms with E-state index in [0.29, 0.717) is 48.9 Å². The molecule has 0 aliphatic carbocycles. The number of carboxylic acid groups (broad SMARTS) is 1. The normalized spacial score (nSPS) is 12.0. The van der Waals surface area contributed by atoms with Crippen molar-refractivity contribution in [2.75, 3.05) is 36.5 Å². The molecule has 0 saturated carbocycles. The van der Waals surface area contributed by atoms with E-state index in [2.05, 4.69) is 10.3 Å². The summed E-state index contributed by atoms with van der Waals surface area (Å²) in [7, 11) is 0. The third-order valence-electron chi connectivity index (χ3n) is 5.30. The zero-order valence-corrected chi connectivity index (χ0v) is 26.8. The van der Waals surface area contributed by atoms with Crippen LogP contribution in [-0.4, -0.2) is 54.4 Å². The molecule has 0 fully saturated rings. The molecule has 1 unspecified atom stereocenters. The number of halogens is 1. The Morgan fingerprint density at radius 2 is 1.75 bits per heavy atom. The van der Waals surface area contributed by atoms with Crippen molar-refractivity contribution in [3.05, 3.63) is 109 Å². The number of carbonyl (C=O) groups is 2. The first kappa shape index (κ1) is 39.5. The standard InChI is InChI=1S/C31H38FN3O3.C2H4O2.C2H6/c1-4-7-9-13-22-37-25-27(32)19-21-35(6-3)30-18-17-28(24-33-30)34-31(36)26(14-8-5-2)20-23-38-29-15-11-10-12-16-29;1-2(3)4;1-2/h4-5,7-18,20,23-24,27H,6,19,21-22,25H2,1-3H3,(H,34,36);1H3,(H,3,4);1-2H3/b7-4-,8-5-,13-9-,23-20+,26-14+;;. The highest BCUT2D eigenvalue weighted by atomic mass is 19.1. The predicted molar refractivity (Wildman–Crippen MR) is 179 cm³/mol. The van der Waals surface area contributed by atoms with Crippen molar-refractivity contribution in [1.82, 2.24) is 4.98 Å². The number of pyridine rings is 1. The number of ether oxygens (including phenoxy) is 2. The maximum Gasteiger partial charge on any atom is 0.300 e. The van der Waals surface area contributed by atoms with Crippen LogP contribution in [0.25, 0.3) is 0 Å². The summed E-state index contributed by atoms with van der Waals surface area (Å²) in [6.07, 6.45) is 16.8. The van der Waals surface area contributed by atoms with Crippen molar-refractivity contribution in [3.63, 3.8) is 0 Å². The molecule has 1 heterocycles. The number of nitrogens with zero attached hydrogens (tertiary/aromatic N) is 2. The van der Waals surface area contributed by atoms with Gasteiger partial charge in [0.05, 0.1) is 31.4 Å². The van der Waals surface area contributed by atoms with Crippen LogP contribution >= 0.6 is 0 Å². The average Bonchev–Trinajstić information content (AvgIpc) is 3.02. The summed E-state index contributed by atoms with van der Waals surface area (Å²) < 4.78 is 25.2. The Hall–Kier alpha value is -4.50. The van der Waals surface area contributed by atoms with Crippen molar-refractivity contribution in [2.24, 2.45) is 0 Å². The summed E-state index contributed by atoms with van der Waals surface area (Å²) in [5.74, 6) is 0.270. The summed E-state index contributed by atoms with van der Waals surface area (Å²) in [6.45, 7) is 12.5. The number of aliphatic carboxylic acids is 1. The molecule has 1 atom stereocenters. The van der Waals surface area contributed by atoms with Gasteiger partial charge < -0.3 is 24.8 Å². The van der Waals surface area contributed by atoms with Crippen molar-refractivity contribution >= 4 is 23.4 Å². The highest BCUT2D eigenvalue weighted by Crippen LogP contribution is 2.17. The van der Waals surface area contributed by atoms with Crippen LogP contribution in [0.3, 0.4) is 0 Å². The first-order valence-electron chi connectivity index (χ1n) is 14.7. The van der Waals surface area contributed by atoms with Gasteiger partial charge in [-0.2, -0.15) is 0 Å². The summed E-state index contributed by atoms with van der Waals surface area (Å²) in [5.41, 5.74) is 0.980. The molecule has 0 bridgehead atoms. The van der Waals surface area contributed by atoms with Gasteiger partial charge in [0.15, 0.2) is 0 Å². The van der Waals surface area contributed by atoms with E-state index in [1.807, 2.05) is 106 Å². The maximum atomic E-state index is 14.3. The lowest BCUT2D eigenvalue weighted by atomic mass is 10.2. The third kappa shape index (κ3) is 19.6. The fourth-order valence-corrected chi connectivity index (χ4v) is 3.27. The molecule has 0 saturated heterocycles. The molecule has 44 heavy (non-hydrogen) atoms. The molecule has 1 aromatic heterocycles.